The SMILES string of the molecule is O=C(Nc1cccc(Cl)c1F)c1c(F)cccc1Cl. The number of halogens is 4. The fourth-order valence-electron chi connectivity index (χ4n) is 1.50. The minimum atomic E-state index is -0.843. The number of nitrogens with one attached hydrogen (secondary N) is 1. The predicted molar refractivity (Wildman–Crippen MR) is 70.8 cm³/mol. The maximum atomic E-state index is 13.6. The van der Waals surface area contributed by atoms with Crippen LogP contribution in [0.25, 0.3) is 0 Å². The molecule has 0 fully saturated rings. The molecule has 0 saturated carbocycles. The van der Waals surface area contributed by atoms with Gasteiger partial charge in [-0.1, -0.05) is 35.3 Å². The highest BCUT2D eigenvalue weighted by Crippen LogP contribution is 2.24. The van der Waals surface area contributed by atoms with Crippen LogP contribution in [0.15, 0.2) is 36.4 Å². The molecule has 0 unspecified atom stereocenters. The smallest absolute Gasteiger partial charge is 0.260 e. The van der Waals surface area contributed by atoms with Crippen LogP contribution in [-0.2, 0) is 0 Å². The Kier molecular flexibility index (Phi) is 4.02. The summed E-state index contributed by atoms with van der Waals surface area (Å²) < 4.78 is 27.1. The average molecular weight is 302 g/mol. The Morgan fingerprint density at radius 3 is 2.32 bits per heavy atom. The summed E-state index contributed by atoms with van der Waals surface area (Å²) in [4.78, 5) is 11.9. The largest absolute Gasteiger partial charge is 0.319 e. The van der Waals surface area contributed by atoms with Crippen molar-refractivity contribution in [2.24, 2.45) is 0 Å². The molecule has 2 rings (SSSR count). The lowest BCUT2D eigenvalue weighted by Gasteiger charge is -2.09. The van der Waals surface area contributed by atoms with E-state index in [4.69, 9.17) is 23.2 Å². The number of benzene rings is 2. The maximum absolute atomic E-state index is 13.6. The molecule has 0 aliphatic heterocycles. The number of anilines is 1. The van der Waals surface area contributed by atoms with Crippen molar-refractivity contribution in [2.75, 3.05) is 5.32 Å². The lowest BCUT2D eigenvalue weighted by molar-refractivity contribution is 0.102. The maximum Gasteiger partial charge on any atom is 0.260 e. The second-order valence-corrected chi connectivity index (χ2v) is 4.47. The fraction of sp³-hybridized carbons (Fsp3) is 0. The third-order valence-electron chi connectivity index (χ3n) is 2.39. The molecule has 1 N–H and O–H groups in total. The van der Waals surface area contributed by atoms with Crippen LogP contribution in [0.5, 0.6) is 0 Å². The number of hydrogen-bond acceptors (Lipinski definition) is 1. The topological polar surface area (TPSA) is 29.1 Å². The van der Waals surface area contributed by atoms with Crippen LogP contribution >= 0.6 is 23.2 Å². The summed E-state index contributed by atoms with van der Waals surface area (Å²) >= 11 is 11.3. The molecule has 0 radical (unpaired) electrons. The van der Waals surface area contributed by atoms with Gasteiger partial charge in [-0.15, -0.1) is 0 Å². The molecule has 2 aromatic rings. The molecule has 0 saturated heterocycles. The van der Waals surface area contributed by atoms with E-state index in [2.05, 4.69) is 5.32 Å². The Balaban J connectivity index is 2.34. The van der Waals surface area contributed by atoms with E-state index in [0.29, 0.717) is 0 Å². The zero-order valence-electron chi connectivity index (χ0n) is 9.38. The Labute approximate surface area is 118 Å². The van der Waals surface area contributed by atoms with E-state index < -0.39 is 17.5 Å². The van der Waals surface area contributed by atoms with Crippen molar-refractivity contribution in [3.63, 3.8) is 0 Å². The lowest BCUT2D eigenvalue weighted by atomic mass is 10.2. The van der Waals surface area contributed by atoms with Gasteiger partial charge in [0.05, 0.1) is 21.3 Å². The second-order valence-electron chi connectivity index (χ2n) is 3.65. The van der Waals surface area contributed by atoms with Crippen molar-refractivity contribution in [1.82, 2.24) is 0 Å². The third kappa shape index (κ3) is 2.85. The third-order valence-corrected chi connectivity index (χ3v) is 3.00. The molecule has 0 spiro atoms. The molecule has 6 heteroatoms. The van der Waals surface area contributed by atoms with Gasteiger partial charge >= 0.3 is 0 Å². The molecule has 1 amide bonds. The number of hydrogen-bond donors (Lipinski definition) is 1. The first kappa shape index (κ1) is 13.8. The lowest BCUT2D eigenvalue weighted by Crippen LogP contribution is -2.15. The highest BCUT2D eigenvalue weighted by Gasteiger charge is 2.17. The van der Waals surface area contributed by atoms with Crippen LogP contribution in [0.2, 0.25) is 10.0 Å². The minimum Gasteiger partial charge on any atom is -0.319 e. The van der Waals surface area contributed by atoms with Crippen LogP contribution < -0.4 is 5.32 Å². The molecule has 0 bridgehead atoms. The zero-order valence-corrected chi connectivity index (χ0v) is 10.9. The second kappa shape index (κ2) is 5.55. The Morgan fingerprint density at radius 1 is 1.00 bits per heavy atom. The molecule has 0 heterocycles. The summed E-state index contributed by atoms with van der Waals surface area (Å²) in [5, 5.41) is 2.03. The van der Waals surface area contributed by atoms with E-state index in [1.54, 1.807) is 0 Å². The highest BCUT2D eigenvalue weighted by molar-refractivity contribution is 6.34. The molecule has 0 aliphatic rings. The van der Waals surface area contributed by atoms with Crippen LogP contribution in [0.1, 0.15) is 10.4 Å². The normalized spacial score (nSPS) is 10.3. The van der Waals surface area contributed by atoms with Gasteiger partial charge in [0, 0.05) is 0 Å². The van der Waals surface area contributed by atoms with Crippen molar-refractivity contribution in [3.05, 3.63) is 63.6 Å². The summed E-state index contributed by atoms with van der Waals surface area (Å²) in [7, 11) is 0. The molecule has 19 heavy (non-hydrogen) atoms. The average Bonchev–Trinajstić information content (AvgIpc) is 2.35. The summed E-state index contributed by atoms with van der Waals surface area (Å²) in [5.74, 6) is -2.42. The van der Waals surface area contributed by atoms with Crippen LogP contribution in [-0.4, -0.2) is 5.91 Å². The molecule has 0 aromatic heterocycles. The first-order valence-electron chi connectivity index (χ1n) is 5.20. The molecule has 0 atom stereocenters. The summed E-state index contributed by atoms with van der Waals surface area (Å²) in [6, 6.07) is 7.94. The van der Waals surface area contributed by atoms with Crippen molar-refractivity contribution in [2.45, 2.75) is 0 Å². The van der Waals surface area contributed by atoms with E-state index in [9.17, 15) is 13.6 Å². The first-order chi connectivity index (χ1) is 9.00. The summed E-state index contributed by atoms with van der Waals surface area (Å²) in [6.45, 7) is 0. The van der Waals surface area contributed by atoms with Crippen molar-refractivity contribution in [3.8, 4) is 0 Å². The molecule has 2 aromatic carbocycles. The summed E-state index contributed by atoms with van der Waals surface area (Å²) in [5.41, 5.74) is -0.486. The molecule has 2 nitrogen and oxygen atoms in total. The molecule has 98 valence electrons. The van der Waals surface area contributed by atoms with Crippen molar-refractivity contribution < 1.29 is 13.6 Å². The van der Waals surface area contributed by atoms with E-state index in [1.165, 1.54) is 30.3 Å². The summed E-state index contributed by atoms with van der Waals surface area (Å²) in [6.07, 6.45) is 0. The van der Waals surface area contributed by atoms with Gasteiger partial charge in [-0.05, 0) is 24.3 Å². The zero-order chi connectivity index (χ0) is 14.0. The molecule has 0 aliphatic carbocycles. The monoisotopic (exact) mass is 301 g/mol. The van der Waals surface area contributed by atoms with E-state index in [0.717, 1.165) is 6.07 Å². The van der Waals surface area contributed by atoms with Gasteiger partial charge in [-0.25, -0.2) is 8.78 Å². The highest BCUT2D eigenvalue weighted by atomic mass is 35.5. The Morgan fingerprint density at radius 2 is 1.63 bits per heavy atom. The van der Waals surface area contributed by atoms with Gasteiger partial charge in [0.25, 0.3) is 5.91 Å². The van der Waals surface area contributed by atoms with Gasteiger partial charge < -0.3 is 5.32 Å². The quantitative estimate of drug-likeness (QED) is 0.868. The van der Waals surface area contributed by atoms with Gasteiger partial charge in [0.1, 0.15) is 5.82 Å². The van der Waals surface area contributed by atoms with Crippen molar-refractivity contribution in [1.29, 1.82) is 0 Å². The standard InChI is InChI=1S/C13H7Cl2F2NO/c14-7-3-1-5-9(16)11(7)13(19)18-10-6-2-4-8(15)12(10)17/h1-6H,(H,18,19). The van der Waals surface area contributed by atoms with E-state index >= 15 is 0 Å². The number of carbonyl (C=O) groups excluding carboxylic acids is 1. The number of carbonyl (C=O) groups is 1. The van der Waals surface area contributed by atoms with Gasteiger partial charge in [0.15, 0.2) is 5.82 Å². The van der Waals surface area contributed by atoms with E-state index in [-0.39, 0.29) is 21.3 Å². The van der Waals surface area contributed by atoms with Crippen LogP contribution in [0.3, 0.4) is 0 Å². The van der Waals surface area contributed by atoms with Gasteiger partial charge in [-0.2, -0.15) is 0 Å². The Bertz CT molecular complexity index is 626. The van der Waals surface area contributed by atoms with E-state index in [1.807, 2.05) is 0 Å². The molecular formula is C13H7Cl2F2NO. The minimum absolute atomic E-state index is 0.0556. The van der Waals surface area contributed by atoms with Gasteiger partial charge in [-0.3, -0.25) is 4.79 Å². The predicted octanol–water partition coefficient (Wildman–Crippen LogP) is 4.52. The van der Waals surface area contributed by atoms with Crippen LogP contribution in [0.4, 0.5) is 14.5 Å². The number of rotatable bonds is 2. The van der Waals surface area contributed by atoms with Crippen LogP contribution in [0, 0.1) is 11.6 Å². The first-order valence-corrected chi connectivity index (χ1v) is 5.95. The Hall–Kier alpha value is -1.65. The molecular weight excluding hydrogens is 295 g/mol. The van der Waals surface area contributed by atoms with Gasteiger partial charge in [0.2, 0.25) is 0 Å². The fourth-order valence-corrected chi connectivity index (χ4v) is 1.92. The van der Waals surface area contributed by atoms with Crippen molar-refractivity contribution >= 4 is 34.8 Å². The number of amides is 1.